The van der Waals surface area contributed by atoms with Gasteiger partial charge in [0.15, 0.2) is 0 Å². The second-order valence-electron chi connectivity index (χ2n) is 2.12. The topological polar surface area (TPSA) is 58.9 Å². The number of aromatic amines is 1. The van der Waals surface area contributed by atoms with E-state index in [1.54, 1.807) is 0 Å². The fraction of sp³-hybridized carbons (Fsp3) is 0.167. The maximum atomic E-state index is 12.0. The summed E-state index contributed by atoms with van der Waals surface area (Å²) >= 11 is 2.90. The fourth-order valence-electron chi connectivity index (χ4n) is 0.703. The number of nitrogens with two attached hydrogens (primary N) is 1. The number of halogens is 3. The molecule has 0 radical (unpaired) electrons. The first-order valence-corrected chi connectivity index (χ1v) is 3.78. The summed E-state index contributed by atoms with van der Waals surface area (Å²) in [5, 5.41) is 0. The Balaban J connectivity index is 3.33. The Labute approximate surface area is 74.7 Å². The van der Waals surface area contributed by atoms with Crippen molar-refractivity contribution in [1.82, 2.24) is 4.98 Å². The summed E-state index contributed by atoms with van der Waals surface area (Å²) < 4.78 is 24.3. The number of nitrogens with one attached hydrogen (secondary N) is 1. The van der Waals surface area contributed by atoms with Gasteiger partial charge in [0.25, 0.3) is 12.0 Å². The summed E-state index contributed by atoms with van der Waals surface area (Å²) in [6.45, 7) is 0. The van der Waals surface area contributed by atoms with E-state index in [1.165, 1.54) is 0 Å². The molecular formula is C6H5BrF2N2O. The number of aromatic nitrogens is 1. The molecule has 1 heterocycles. The molecular weight excluding hydrogens is 234 g/mol. The highest BCUT2D eigenvalue weighted by atomic mass is 79.9. The van der Waals surface area contributed by atoms with Crippen LogP contribution in [0.5, 0.6) is 0 Å². The molecule has 1 rings (SSSR count). The molecule has 0 aliphatic carbocycles. The van der Waals surface area contributed by atoms with E-state index in [0.29, 0.717) is 0 Å². The molecule has 3 nitrogen and oxygen atoms in total. The molecule has 0 aliphatic rings. The first kappa shape index (κ1) is 9.18. The van der Waals surface area contributed by atoms with Crippen molar-refractivity contribution in [3.63, 3.8) is 0 Å². The molecule has 6 heteroatoms. The zero-order valence-electron chi connectivity index (χ0n) is 5.77. The lowest BCUT2D eigenvalue weighted by Gasteiger charge is -2.01. The molecule has 0 atom stereocenters. The predicted molar refractivity (Wildman–Crippen MR) is 44.1 cm³/mol. The highest BCUT2D eigenvalue weighted by Gasteiger charge is 2.13. The second kappa shape index (κ2) is 3.22. The average molecular weight is 239 g/mol. The fourth-order valence-corrected chi connectivity index (χ4v) is 0.997. The van der Waals surface area contributed by atoms with Gasteiger partial charge < -0.3 is 10.7 Å². The smallest absolute Gasteiger partial charge is 0.269 e. The Morgan fingerprint density at radius 3 is 2.67 bits per heavy atom. The molecule has 0 bridgehead atoms. The number of alkyl halides is 2. The van der Waals surface area contributed by atoms with Crippen molar-refractivity contribution in [3.8, 4) is 0 Å². The Bertz CT molecular complexity index is 350. The van der Waals surface area contributed by atoms with Crippen molar-refractivity contribution in [2.45, 2.75) is 6.43 Å². The Kier molecular flexibility index (Phi) is 2.46. The molecule has 1 aromatic heterocycles. The molecule has 66 valence electrons. The minimum atomic E-state index is -2.80. The quantitative estimate of drug-likeness (QED) is 0.732. The Morgan fingerprint density at radius 1 is 1.58 bits per heavy atom. The molecule has 0 saturated heterocycles. The number of rotatable bonds is 1. The molecule has 12 heavy (non-hydrogen) atoms. The number of hydrogen-bond donors (Lipinski definition) is 2. The molecule has 0 spiro atoms. The third-order valence-electron chi connectivity index (χ3n) is 1.29. The average Bonchev–Trinajstić information content (AvgIpc) is 1.96. The maximum absolute atomic E-state index is 12.0. The molecule has 0 fully saturated rings. The van der Waals surface area contributed by atoms with Crippen LogP contribution < -0.4 is 11.3 Å². The summed E-state index contributed by atoms with van der Waals surface area (Å²) in [5.74, 6) is 0. The largest absolute Gasteiger partial charge is 0.397 e. The summed E-state index contributed by atoms with van der Waals surface area (Å²) in [7, 11) is 0. The van der Waals surface area contributed by atoms with E-state index in [2.05, 4.69) is 20.9 Å². The normalized spacial score (nSPS) is 10.7. The van der Waals surface area contributed by atoms with E-state index in [4.69, 9.17) is 5.73 Å². The summed E-state index contributed by atoms with van der Waals surface area (Å²) in [5.41, 5.74) is 3.92. The Morgan fingerprint density at radius 2 is 2.17 bits per heavy atom. The van der Waals surface area contributed by atoms with Crippen LogP contribution in [0.4, 0.5) is 14.5 Å². The van der Waals surface area contributed by atoms with Gasteiger partial charge in [-0.3, -0.25) is 4.79 Å². The van der Waals surface area contributed by atoms with Crippen LogP contribution in [0.3, 0.4) is 0 Å². The van der Waals surface area contributed by atoms with Crippen LogP contribution in [0, 0.1) is 0 Å². The minimum absolute atomic E-state index is 0.0879. The van der Waals surface area contributed by atoms with Gasteiger partial charge in [-0.05, 0) is 22.0 Å². The van der Waals surface area contributed by atoms with Gasteiger partial charge in [-0.2, -0.15) is 0 Å². The third-order valence-corrected chi connectivity index (χ3v) is 1.94. The monoisotopic (exact) mass is 238 g/mol. The number of hydrogen-bond acceptors (Lipinski definition) is 2. The lowest BCUT2D eigenvalue weighted by molar-refractivity contribution is 0.149. The molecule has 0 amide bonds. The zero-order valence-corrected chi connectivity index (χ0v) is 7.36. The molecule has 0 saturated carbocycles. The van der Waals surface area contributed by atoms with Gasteiger partial charge in [-0.1, -0.05) is 0 Å². The number of pyridine rings is 1. The van der Waals surface area contributed by atoms with E-state index < -0.39 is 17.5 Å². The van der Waals surface area contributed by atoms with Gasteiger partial charge in [-0.25, -0.2) is 8.78 Å². The van der Waals surface area contributed by atoms with Gasteiger partial charge in [0.1, 0.15) is 4.60 Å². The van der Waals surface area contributed by atoms with E-state index >= 15 is 0 Å². The lowest BCUT2D eigenvalue weighted by atomic mass is 10.3. The van der Waals surface area contributed by atoms with E-state index in [-0.39, 0.29) is 10.3 Å². The van der Waals surface area contributed by atoms with Gasteiger partial charge in [0.05, 0.1) is 11.3 Å². The predicted octanol–water partition coefficient (Wildman–Crippen LogP) is 1.66. The number of anilines is 1. The highest BCUT2D eigenvalue weighted by Crippen LogP contribution is 2.20. The van der Waals surface area contributed by atoms with Crippen molar-refractivity contribution < 1.29 is 8.78 Å². The zero-order chi connectivity index (χ0) is 9.30. The number of H-pyrrole nitrogens is 1. The first-order valence-electron chi connectivity index (χ1n) is 2.98. The van der Waals surface area contributed by atoms with Gasteiger partial charge in [0, 0.05) is 0 Å². The van der Waals surface area contributed by atoms with Crippen molar-refractivity contribution >= 4 is 21.6 Å². The molecule has 0 aromatic carbocycles. The third kappa shape index (κ3) is 1.63. The SMILES string of the molecule is Nc1cc(C(F)F)c(=O)[nH]c1Br. The number of nitrogen functional groups attached to an aromatic ring is 1. The van der Waals surface area contributed by atoms with Crippen LogP contribution in [-0.2, 0) is 0 Å². The van der Waals surface area contributed by atoms with Crippen molar-refractivity contribution in [3.05, 3.63) is 26.6 Å². The van der Waals surface area contributed by atoms with E-state index in [0.717, 1.165) is 6.07 Å². The van der Waals surface area contributed by atoms with Crippen molar-refractivity contribution in [2.24, 2.45) is 0 Å². The summed E-state index contributed by atoms with van der Waals surface area (Å²) in [6.07, 6.45) is -2.80. The molecule has 3 N–H and O–H groups in total. The summed E-state index contributed by atoms with van der Waals surface area (Å²) in [6, 6.07) is 0.952. The van der Waals surface area contributed by atoms with Crippen LogP contribution in [0.25, 0.3) is 0 Å². The lowest BCUT2D eigenvalue weighted by Crippen LogP contribution is -2.14. The first-order chi connectivity index (χ1) is 5.52. The summed E-state index contributed by atoms with van der Waals surface area (Å²) in [4.78, 5) is 13.0. The van der Waals surface area contributed by atoms with Gasteiger partial charge in [0.2, 0.25) is 0 Å². The van der Waals surface area contributed by atoms with E-state index in [1.807, 2.05) is 0 Å². The van der Waals surface area contributed by atoms with Gasteiger partial charge >= 0.3 is 0 Å². The molecule has 1 aromatic rings. The van der Waals surface area contributed by atoms with Crippen LogP contribution in [-0.4, -0.2) is 4.98 Å². The highest BCUT2D eigenvalue weighted by molar-refractivity contribution is 9.10. The van der Waals surface area contributed by atoms with E-state index in [9.17, 15) is 13.6 Å². The maximum Gasteiger partial charge on any atom is 0.269 e. The van der Waals surface area contributed by atoms with Crippen LogP contribution >= 0.6 is 15.9 Å². The van der Waals surface area contributed by atoms with Crippen molar-refractivity contribution in [1.29, 1.82) is 0 Å². The second-order valence-corrected chi connectivity index (χ2v) is 2.92. The van der Waals surface area contributed by atoms with Crippen molar-refractivity contribution in [2.75, 3.05) is 5.73 Å². The Hall–Kier alpha value is -0.910. The van der Waals surface area contributed by atoms with Gasteiger partial charge in [-0.15, -0.1) is 0 Å². The minimum Gasteiger partial charge on any atom is -0.397 e. The standard InChI is InChI=1S/C6H5BrF2N2O/c7-4-3(10)1-2(5(8)9)6(12)11-4/h1,5H,10H2,(H,11,12). The molecule has 0 aliphatic heterocycles. The van der Waals surface area contributed by atoms with Crippen LogP contribution in [0.1, 0.15) is 12.0 Å². The van der Waals surface area contributed by atoms with Crippen LogP contribution in [0.15, 0.2) is 15.5 Å². The van der Waals surface area contributed by atoms with Crippen LogP contribution in [0.2, 0.25) is 0 Å². The molecule has 0 unspecified atom stereocenters.